The van der Waals surface area contributed by atoms with Gasteiger partial charge < -0.3 is 20.3 Å². The van der Waals surface area contributed by atoms with Crippen molar-refractivity contribution in [2.24, 2.45) is 5.73 Å². The predicted molar refractivity (Wildman–Crippen MR) is 64.0 cm³/mol. The van der Waals surface area contributed by atoms with E-state index in [0.717, 1.165) is 0 Å². The third-order valence-corrected chi connectivity index (χ3v) is 3.42. The Bertz CT molecular complexity index is 494. The van der Waals surface area contributed by atoms with Crippen LogP contribution in [0.15, 0.2) is 10.5 Å². The van der Waals surface area contributed by atoms with E-state index in [0.29, 0.717) is 16.0 Å². The third kappa shape index (κ3) is 2.41. The topological polar surface area (TPSA) is 81.8 Å². The molecule has 0 spiro atoms. The second-order valence-corrected chi connectivity index (χ2v) is 4.65. The average molecular weight is 320 g/mol. The largest absolute Gasteiger partial charge is 0.481 e. The molecular formula is C11H11BrFNO4. The Labute approximate surface area is 111 Å². The summed E-state index contributed by atoms with van der Waals surface area (Å²) in [5, 5.41) is 8.60. The van der Waals surface area contributed by atoms with E-state index >= 15 is 0 Å². The van der Waals surface area contributed by atoms with E-state index in [4.69, 9.17) is 20.3 Å². The quantitative estimate of drug-likeness (QED) is 0.889. The summed E-state index contributed by atoms with van der Waals surface area (Å²) in [4.78, 5) is 10.5. The van der Waals surface area contributed by atoms with Crippen molar-refractivity contribution in [3.8, 4) is 11.5 Å². The number of hydrogen-bond acceptors (Lipinski definition) is 4. The third-order valence-electron chi connectivity index (χ3n) is 2.63. The van der Waals surface area contributed by atoms with Crippen molar-refractivity contribution in [2.45, 2.75) is 18.9 Å². The first kappa shape index (κ1) is 13.1. The number of fused-ring (bicyclic) bond motifs is 1. The predicted octanol–water partition coefficient (Wildman–Crippen LogP) is 2.18. The number of benzene rings is 1. The maximum Gasteiger partial charge on any atom is 0.303 e. The van der Waals surface area contributed by atoms with E-state index in [2.05, 4.69) is 15.9 Å². The van der Waals surface area contributed by atoms with E-state index in [1.807, 2.05) is 0 Å². The van der Waals surface area contributed by atoms with Crippen LogP contribution in [-0.2, 0) is 4.79 Å². The summed E-state index contributed by atoms with van der Waals surface area (Å²) in [7, 11) is 0. The fourth-order valence-corrected chi connectivity index (χ4v) is 2.54. The summed E-state index contributed by atoms with van der Waals surface area (Å²) in [6.45, 7) is 0.0290. The number of ether oxygens (including phenoxy) is 2. The number of halogens is 2. The number of carboxylic acids is 1. The summed E-state index contributed by atoms with van der Waals surface area (Å²) < 4.78 is 24.5. The van der Waals surface area contributed by atoms with Crippen molar-refractivity contribution >= 4 is 21.9 Å². The summed E-state index contributed by atoms with van der Waals surface area (Å²) in [5.41, 5.74) is 6.02. The lowest BCUT2D eigenvalue weighted by Crippen LogP contribution is -2.14. The Balaban J connectivity index is 2.30. The fraction of sp³-hybridized carbons (Fsp3) is 0.364. The lowest BCUT2D eigenvalue weighted by Gasteiger charge is -2.15. The van der Waals surface area contributed by atoms with Crippen LogP contribution in [0.2, 0.25) is 0 Å². The van der Waals surface area contributed by atoms with Crippen molar-refractivity contribution in [3.63, 3.8) is 0 Å². The first-order chi connectivity index (χ1) is 8.50. The molecule has 18 heavy (non-hydrogen) atoms. The summed E-state index contributed by atoms with van der Waals surface area (Å²) in [5.74, 6) is -0.794. The normalized spacial score (nSPS) is 14.6. The molecule has 1 atom stereocenters. The van der Waals surface area contributed by atoms with Crippen LogP contribution in [0, 0.1) is 5.82 Å². The van der Waals surface area contributed by atoms with Crippen LogP contribution < -0.4 is 15.2 Å². The number of carboxylic acid groups (broad SMARTS) is 1. The molecule has 0 saturated heterocycles. The molecule has 5 nitrogen and oxygen atoms in total. The molecule has 1 aliphatic heterocycles. The zero-order valence-electron chi connectivity index (χ0n) is 9.28. The van der Waals surface area contributed by atoms with Crippen LogP contribution in [0.3, 0.4) is 0 Å². The molecule has 98 valence electrons. The Morgan fingerprint density at radius 2 is 2.33 bits per heavy atom. The molecule has 0 bridgehead atoms. The van der Waals surface area contributed by atoms with Gasteiger partial charge in [-0.05, 0) is 22.4 Å². The standard InChI is InChI=1S/C11H11BrFNO4/c12-10-9(6(14)1-2-8(15)16)5(13)3-7-11(10)18-4-17-7/h3,6H,1-2,4,14H2,(H,15,16). The molecule has 7 heteroatoms. The second-order valence-electron chi connectivity index (χ2n) is 3.86. The molecule has 1 unspecified atom stereocenters. The molecule has 2 rings (SSSR count). The number of hydrogen-bond donors (Lipinski definition) is 2. The van der Waals surface area contributed by atoms with Crippen LogP contribution in [0.4, 0.5) is 4.39 Å². The van der Waals surface area contributed by atoms with Gasteiger partial charge in [0.15, 0.2) is 11.5 Å². The maximum atomic E-state index is 13.9. The molecule has 0 amide bonds. The minimum atomic E-state index is -0.970. The first-order valence-corrected chi connectivity index (χ1v) is 6.05. The highest BCUT2D eigenvalue weighted by molar-refractivity contribution is 9.10. The van der Waals surface area contributed by atoms with Gasteiger partial charge in [-0.1, -0.05) is 0 Å². The van der Waals surface area contributed by atoms with Gasteiger partial charge in [-0.2, -0.15) is 0 Å². The first-order valence-electron chi connectivity index (χ1n) is 5.25. The highest BCUT2D eigenvalue weighted by atomic mass is 79.9. The fourth-order valence-electron chi connectivity index (χ4n) is 1.75. The van der Waals surface area contributed by atoms with Crippen LogP contribution >= 0.6 is 15.9 Å². The van der Waals surface area contributed by atoms with Crippen molar-refractivity contribution in [1.82, 2.24) is 0 Å². The SMILES string of the molecule is NC(CCC(=O)O)c1c(F)cc2c(c1Br)OCO2. The summed E-state index contributed by atoms with van der Waals surface area (Å²) in [6.07, 6.45) is 0.0198. The maximum absolute atomic E-state index is 13.9. The molecule has 1 aromatic carbocycles. The average Bonchev–Trinajstić information content (AvgIpc) is 2.74. The zero-order chi connectivity index (χ0) is 13.3. The molecule has 1 aromatic rings. The number of rotatable bonds is 4. The van der Waals surface area contributed by atoms with E-state index < -0.39 is 17.8 Å². The van der Waals surface area contributed by atoms with Crippen LogP contribution in [0.25, 0.3) is 0 Å². The number of carbonyl (C=O) groups is 1. The van der Waals surface area contributed by atoms with Gasteiger partial charge in [-0.25, -0.2) is 4.39 Å². The van der Waals surface area contributed by atoms with Crippen molar-refractivity contribution in [2.75, 3.05) is 6.79 Å². The van der Waals surface area contributed by atoms with Gasteiger partial charge in [-0.3, -0.25) is 4.79 Å². The van der Waals surface area contributed by atoms with E-state index in [1.54, 1.807) is 0 Å². The minimum Gasteiger partial charge on any atom is -0.481 e. The highest BCUT2D eigenvalue weighted by Gasteiger charge is 2.26. The molecule has 0 aromatic heterocycles. The molecule has 1 heterocycles. The van der Waals surface area contributed by atoms with Gasteiger partial charge >= 0.3 is 5.97 Å². The Kier molecular flexibility index (Phi) is 3.72. The Hall–Kier alpha value is -1.34. The molecule has 3 N–H and O–H groups in total. The van der Waals surface area contributed by atoms with Gasteiger partial charge in [0.05, 0.1) is 4.47 Å². The highest BCUT2D eigenvalue weighted by Crippen LogP contribution is 2.44. The van der Waals surface area contributed by atoms with E-state index in [-0.39, 0.29) is 25.2 Å². The van der Waals surface area contributed by atoms with Gasteiger partial charge in [-0.15, -0.1) is 0 Å². The summed E-state index contributed by atoms with van der Waals surface area (Å²) in [6, 6.07) is 0.480. The lowest BCUT2D eigenvalue weighted by molar-refractivity contribution is -0.137. The minimum absolute atomic E-state index is 0.0290. The van der Waals surface area contributed by atoms with E-state index in [9.17, 15) is 9.18 Å². The molecule has 0 radical (unpaired) electrons. The molecule has 1 aliphatic rings. The zero-order valence-corrected chi connectivity index (χ0v) is 10.9. The van der Waals surface area contributed by atoms with Crippen molar-refractivity contribution < 1.29 is 23.8 Å². The second kappa shape index (κ2) is 5.11. The van der Waals surface area contributed by atoms with E-state index in [1.165, 1.54) is 6.07 Å². The Morgan fingerprint density at radius 3 is 3.00 bits per heavy atom. The lowest BCUT2D eigenvalue weighted by atomic mass is 10.0. The molecule has 0 fully saturated rings. The summed E-state index contributed by atoms with van der Waals surface area (Å²) >= 11 is 3.22. The molecule has 0 saturated carbocycles. The smallest absolute Gasteiger partial charge is 0.303 e. The molecule has 0 aliphatic carbocycles. The number of nitrogens with two attached hydrogens (primary N) is 1. The van der Waals surface area contributed by atoms with Gasteiger partial charge in [0.25, 0.3) is 0 Å². The van der Waals surface area contributed by atoms with Gasteiger partial charge in [0.1, 0.15) is 5.82 Å². The number of aliphatic carboxylic acids is 1. The van der Waals surface area contributed by atoms with Gasteiger partial charge in [0, 0.05) is 24.1 Å². The van der Waals surface area contributed by atoms with Crippen molar-refractivity contribution in [3.05, 3.63) is 21.9 Å². The van der Waals surface area contributed by atoms with Crippen LogP contribution in [0.5, 0.6) is 11.5 Å². The Morgan fingerprint density at radius 1 is 1.61 bits per heavy atom. The van der Waals surface area contributed by atoms with Gasteiger partial charge in [0.2, 0.25) is 6.79 Å². The van der Waals surface area contributed by atoms with Crippen LogP contribution in [0.1, 0.15) is 24.4 Å². The molecular weight excluding hydrogens is 309 g/mol. The van der Waals surface area contributed by atoms with Crippen molar-refractivity contribution in [1.29, 1.82) is 0 Å². The monoisotopic (exact) mass is 319 g/mol. The van der Waals surface area contributed by atoms with Crippen LogP contribution in [-0.4, -0.2) is 17.9 Å².